The van der Waals surface area contributed by atoms with Gasteiger partial charge < -0.3 is 5.73 Å². The minimum atomic E-state index is -3.38. The fraction of sp³-hybridized carbons (Fsp3) is 0.600. The Hall–Kier alpha value is 0.0500. The monoisotopic (exact) mass is 338 g/mol. The first-order valence-corrected chi connectivity index (χ1v) is 8.49. The zero-order valence-corrected chi connectivity index (χ0v) is 12.7. The Morgan fingerprint density at radius 1 is 1.65 bits per heavy atom. The van der Waals surface area contributed by atoms with E-state index in [0.29, 0.717) is 18.0 Å². The summed E-state index contributed by atoms with van der Waals surface area (Å²) in [6.07, 6.45) is 1.76. The molecule has 7 heteroatoms. The summed E-state index contributed by atoms with van der Waals surface area (Å²) in [5, 5.41) is 0. The Balaban J connectivity index is 2.39. The predicted molar refractivity (Wildman–Crippen MR) is 72.7 cm³/mol. The van der Waals surface area contributed by atoms with E-state index in [0.717, 1.165) is 21.5 Å². The molecule has 1 aliphatic rings. The smallest absolute Gasteiger partial charge is 0.244 e. The number of hydrogen-bond donors (Lipinski definition) is 1. The third kappa shape index (κ3) is 2.44. The van der Waals surface area contributed by atoms with Crippen LogP contribution in [0.1, 0.15) is 17.7 Å². The zero-order valence-electron chi connectivity index (χ0n) is 9.52. The first-order chi connectivity index (χ1) is 7.96. The normalized spacial score (nSPS) is 22.2. The first-order valence-electron chi connectivity index (χ1n) is 5.44. The van der Waals surface area contributed by atoms with Crippen LogP contribution in [0.2, 0.25) is 0 Å². The van der Waals surface area contributed by atoms with Gasteiger partial charge >= 0.3 is 0 Å². The second-order valence-corrected chi connectivity index (χ2v) is 8.61. The number of rotatable bonds is 3. The molecule has 0 radical (unpaired) electrons. The molecule has 1 atom stereocenters. The number of halogens is 1. The highest BCUT2D eigenvalue weighted by atomic mass is 79.9. The Morgan fingerprint density at radius 2 is 2.35 bits per heavy atom. The molecule has 0 unspecified atom stereocenters. The lowest BCUT2D eigenvalue weighted by Gasteiger charge is -2.22. The number of thiophene rings is 1. The van der Waals surface area contributed by atoms with Crippen LogP contribution < -0.4 is 5.73 Å². The SMILES string of the molecule is Cc1sc(Br)cc1S(=O)(=O)N1CCC[C@H]1CN. The molecule has 2 rings (SSSR count). The maximum absolute atomic E-state index is 12.5. The molecule has 0 aromatic carbocycles. The van der Waals surface area contributed by atoms with Gasteiger partial charge in [-0.15, -0.1) is 11.3 Å². The molecule has 1 saturated heterocycles. The fourth-order valence-electron chi connectivity index (χ4n) is 2.17. The number of nitrogens with two attached hydrogens (primary N) is 1. The van der Waals surface area contributed by atoms with E-state index in [1.165, 1.54) is 11.3 Å². The maximum Gasteiger partial charge on any atom is 0.244 e. The fourth-order valence-corrected chi connectivity index (χ4v) is 6.26. The summed E-state index contributed by atoms with van der Waals surface area (Å²) >= 11 is 4.77. The largest absolute Gasteiger partial charge is 0.329 e. The molecule has 1 aliphatic heterocycles. The molecule has 2 N–H and O–H groups in total. The quantitative estimate of drug-likeness (QED) is 0.915. The lowest BCUT2D eigenvalue weighted by atomic mass is 10.2. The van der Waals surface area contributed by atoms with Gasteiger partial charge in [0.1, 0.15) is 0 Å². The number of hydrogen-bond acceptors (Lipinski definition) is 4. The van der Waals surface area contributed by atoms with Crippen molar-refractivity contribution < 1.29 is 8.42 Å². The molecule has 0 aliphatic carbocycles. The zero-order chi connectivity index (χ0) is 12.6. The molecule has 4 nitrogen and oxygen atoms in total. The number of nitrogens with zero attached hydrogens (tertiary/aromatic N) is 1. The van der Waals surface area contributed by atoms with Crippen molar-refractivity contribution in [2.75, 3.05) is 13.1 Å². The van der Waals surface area contributed by atoms with Gasteiger partial charge in [-0.2, -0.15) is 4.31 Å². The van der Waals surface area contributed by atoms with E-state index in [9.17, 15) is 8.42 Å². The molecule has 1 aromatic heterocycles. The van der Waals surface area contributed by atoms with Crippen LogP contribution in [0.25, 0.3) is 0 Å². The molecule has 2 heterocycles. The summed E-state index contributed by atoms with van der Waals surface area (Å²) in [6, 6.07) is 1.64. The van der Waals surface area contributed by atoms with E-state index in [-0.39, 0.29) is 6.04 Å². The van der Waals surface area contributed by atoms with Gasteiger partial charge in [-0.25, -0.2) is 8.42 Å². The first kappa shape index (κ1) is 13.5. The van der Waals surface area contributed by atoms with Crippen molar-refractivity contribution in [2.45, 2.75) is 30.7 Å². The highest BCUT2D eigenvalue weighted by molar-refractivity contribution is 9.11. The van der Waals surface area contributed by atoms with Crippen LogP contribution >= 0.6 is 27.3 Å². The van der Waals surface area contributed by atoms with E-state index < -0.39 is 10.0 Å². The third-order valence-electron chi connectivity index (χ3n) is 3.02. The molecule has 0 amide bonds. The van der Waals surface area contributed by atoms with Gasteiger partial charge in [-0.05, 0) is 41.8 Å². The maximum atomic E-state index is 12.5. The van der Waals surface area contributed by atoms with Gasteiger partial charge in [0.05, 0.1) is 8.68 Å². The molecule has 1 aromatic rings. The summed E-state index contributed by atoms with van der Waals surface area (Å²) in [6.45, 7) is 2.80. The molecular formula is C10H15BrN2O2S2. The Kier molecular flexibility index (Phi) is 3.94. The van der Waals surface area contributed by atoms with Crippen LogP contribution in [0, 0.1) is 6.92 Å². The molecule has 17 heavy (non-hydrogen) atoms. The van der Waals surface area contributed by atoms with E-state index in [1.807, 2.05) is 6.92 Å². The number of aryl methyl sites for hydroxylation is 1. The Morgan fingerprint density at radius 3 is 2.88 bits per heavy atom. The Labute approximate surface area is 114 Å². The van der Waals surface area contributed by atoms with Crippen molar-refractivity contribution in [3.05, 3.63) is 14.7 Å². The van der Waals surface area contributed by atoms with Crippen molar-refractivity contribution in [3.8, 4) is 0 Å². The van der Waals surface area contributed by atoms with Crippen LogP contribution in [-0.2, 0) is 10.0 Å². The van der Waals surface area contributed by atoms with Crippen LogP contribution in [0.4, 0.5) is 0 Å². The lowest BCUT2D eigenvalue weighted by Crippen LogP contribution is -2.39. The van der Waals surface area contributed by atoms with Crippen LogP contribution in [-0.4, -0.2) is 31.9 Å². The average molecular weight is 339 g/mol. The average Bonchev–Trinajstić information content (AvgIpc) is 2.84. The molecule has 0 bridgehead atoms. The van der Waals surface area contributed by atoms with Crippen molar-refractivity contribution in [1.82, 2.24) is 4.31 Å². The minimum absolute atomic E-state index is 0.0434. The molecule has 96 valence electrons. The van der Waals surface area contributed by atoms with E-state index in [1.54, 1.807) is 10.4 Å². The summed E-state index contributed by atoms with van der Waals surface area (Å²) in [5.74, 6) is 0. The van der Waals surface area contributed by atoms with Crippen molar-refractivity contribution in [3.63, 3.8) is 0 Å². The highest BCUT2D eigenvalue weighted by Gasteiger charge is 2.35. The summed E-state index contributed by atoms with van der Waals surface area (Å²) in [7, 11) is -3.38. The molecule has 1 fully saturated rings. The van der Waals surface area contributed by atoms with E-state index >= 15 is 0 Å². The third-order valence-corrected chi connectivity index (χ3v) is 6.78. The summed E-state index contributed by atoms with van der Waals surface area (Å²) in [5.41, 5.74) is 5.63. The van der Waals surface area contributed by atoms with Gasteiger partial charge in [0, 0.05) is 24.0 Å². The van der Waals surface area contributed by atoms with Crippen molar-refractivity contribution >= 4 is 37.3 Å². The van der Waals surface area contributed by atoms with Gasteiger partial charge in [0.15, 0.2) is 0 Å². The Bertz CT molecular complexity index is 512. The predicted octanol–water partition coefficient (Wildman–Crippen LogP) is 1.93. The highest BCUT2D eigenvalue weighted by Crippen LogP contribution is 2.34. The molecular weight excluding hydrogens is 324 g/mol. The topological polar surface area (TPSA) is 63.4 Å². The van der Waals surface area contributed by atoms with Gasteiger partial charge in [0.2, 0.25) is 10.0 Å². The van der Waals surface area contributed by atoms with Crippen LogP contribution in [0.5, 0.6) is 0 Å². The van der Waals surface area contributed by atoms with Crippen molar-refractivity contribution in [2.24, 2.45) is 5.73 Å². The molecule has 0 saturated carbocycles. The minimum Gasteiger partial charge on any atom is -0.329 e. The van der Waals surface area contributed by atoms with Crippen LogP contribution in [0.15, 0.2) is 14.7 Å². The standard InChI is InChI=1S/C10H15BrN2O2S2/c1-7-9(5-10(11)16-7)17(14,15)13-4-2-3-8(13)6-12/h5,8H,2-4,6,12H2,1H3/t8-/m0/s1. The van der Waals surface area contributed by atoms with E-state index in [4.69, 9.17) is 5.73 Å². The lowest BCUT2D eigenvalue weighted by molar-refractivity contribution is 0.393. The van der Waals surface area contributed by atoms with E-state index in [2.05, 4.69) is 15.9 Å². The summed E-state index contributed by atoms with van der Waals surface area (Å²) < 4.78 is 27.4. The number of sulfonamides is 1. The summed E-state index contributed by atoms with van der Waals surface area (Å²) in [4.78, 5) is 1.23. The van der Waals surface area contributed by atoms with Gasteiger partial charge in [-0.1, -0.05) is 0 Å². The van der Waals surface area contributed by atoms with Gasteiger partial charge in [-0.3, -0.25) is 0 Å². The second-order valence-electron chi connectivity index (χ2n) is 4.12. The second kappa shape index (κ2) is 4.97. The van der Waals surface area contributed by atoms with Crippen LogP contribution in [0.3, 0.4) is 0 Å². The van der Waals surface area contributed by atoms with Crippen molar-refractivity contribution in [1.29, 1.82) is 0 Å². The molecule has 0 spiro atoms. The van der Waals surface area contributed by atoms with Gasteiger partial charge in [0.25, 0.3) is 0 Å².